The number of piperazine rings is 1. The molecular formula is C30H42N2O4SSi2. The molecule has 2 amide bonds. The van der Waals surface area contributed by atoms with E-state index >= 15 is 0 Å². The second-order valence-corrected chi connectivity index (χ2v) is 24.2. The zero-order valence-corrected chi connectivity index (χ0v) is 27.1. The Kier molecular flexibility index (Phi) is 8.39. The van der Waals surface area contributed by atoms with Crippen LogP contribution < -0.4 is 10.4 Å². The highest BCUT2D eigenvalue weighted by atomic mass is 32.2. The quantitative estimate of drug-likeness (QED) is 0.331. The summed E-state index contributed by atoms with van der Waals surface area (Å²) in [6.45, 7) is 13.6. The number of amides is 2. The Balaban J connectivity index is 1.73. The van der Waals surface area contributed by atoms with E-state index in [0.29, 0.717) is 5.75 Å². The highest BCUT2D eigenvalue weighted by Gasteiger charge is 2.64. The lowest BCUT2D eigenvalue weighted by Crippen LogP contribution is -2.69. The Bertz CT molecular complexity index is 1170. The van der Waals surface area contributed by atoms with Crippen molar-refractivity contribution in [3.05, 3.63) is 60.7 Å². The van der Waals surface area contributed by atoms with Gasteiger partial charge in [0.1, 0.15) is 0 Å². The second-order valence-electron chi connectivity index (χ2n) is 13.0. The summed E-state index contributed by atoms with van der Waals surface area (Å²) in [6, 6.07) is 21.2. The number of hydrogen-bond donors (Lipinski definition) is 0. The molecule has 2 aliphatic rings. The molecule has 0 N–H and O–H groups in total. The fourth-order valence-electron chi connectivity index (χ4n) is 5.88. The van der Waals surface area contributed by atoms with Gasteiger partial charge in [-0.1, -0.05) is 101 Å². The van der Waals surface area contributed by atoms with Crippen molar-refractivity contribution in [3.8, 4) is 0 Å². The number of fused-ring (bicyclic) bond motifs is 1. The number of rotatable bonds is 9. The Hall–Kier alpha value is -2.21. The second kappa shape index (κ2) is 11.0. The maximum absolute atomic E-state index is 13.8. The van der Waals surface area contributed by atoms with Crippen LogP contribution in [0, 0.1) is 0 Å². The molecule has 0 unspecified atom stereocenters. The molecule has 4 rings (SSSR count). The van der Waals surface area contributed by atoms with Gasteiger partial charge in [0.15, 0.2) is 5.78 Å². The van der Waals surface area contributed by atoms with E-state index in [1.165, 1.54) is 16.7 Å². The third kappa shape index (κ3) is 5.43. The van der Waals surface area contributed by atoms with Crippen LogP contribution in [0.4, 0.5) is 0 Å². The average Bonchev–Trinajstić information content (AvgIpc) is 3.15. The summed E-state index contributed by atoms with van der Waals surface area (Å²) in [7, 11) is -2.65. The largest absolute Gasteiger partial charge is 0.405 e. The van der Waals surface area contributed by atoms with Crippen molar-refractivity contribution >= 4 is 56.1 Å². The van der Waals surface area contributed by atoms with E-state index in [1.54, 1.807) is 11.9 Å². The summed E-state index contributed by atoms with van der Waals surface area (Å²) in [5.74, 6) is 0.0387. The number of hydrogen-bond acceptors (Lipinski definition) is 5. The summed E-state index contributed by atoms with van der Waals surface area (Å²) in [5, 5.41) is 2.05. The highest BCUT2D eigenvalue weighted by Crippen LogP contribution is 2.45. The number of thioether (sulfide) groups is 1. The van der Waals surface area contributed by atoms with E-state index in [4.69, 9.17) is 4.43 Å². The summed E-state index contributed by atoms with van der Waals surface area (Å²) >= 11 is 1.36. The summed E-state index contributed by atoms with van der Waals surface area (Å²) in [6.07, 6.45) is 0.128. The first-order chi connectivity index (χ1) is 18.2. The fraction of sp³-hybridized carbons (Fsp3) is 0.500. The normalized spacial score (nSPS) is 22.4. The molecule has 0 aromatic heterocycles. The molecule has 6 nitrogen and oxygen atoms in total. The van der Waals surface area contributed by atoms with Gasteiger partial charge in [-0.25, -0.2) is 0 Å². The molecule has 9 heteroatoms. The minimum Gasteiger partial charge on any atom is -0.405 e. The lowest BCUT2D eigenvalue weighted by molar-refractivity contribution is -0.158. The number of carbonyl (C=O) groups excluding carboxylic acids is 3. The van der Waals surface area contributed by atoms with Crippen LogP contribution in [0.2, 0.25) is 30.7 Å². The first-order valence-electron chi connectivity index (χ1n) is 13.7. The molecular weight excluding hydrogens is 541 g/mol. The Labute approximate surface area is 239 Å². The van der Waals surface area contributed by atoms with Crippen molar-refractivity contribution in [2.75, 3.05) is 26.0 Å². The molecule has 39 heavy (non-hydrogen) atoms. The summed E-state index contributed by atoms with van der Waals surface area (Å²) < 4.78 is 7.13. The molecule has 2 aromatic rings. The molecule has 2 aliphatic heterocycles. The van der Waals surface area contributed by atoms with E-state index in [-0.39, 0.29) is 42.2 Å². The predicted molar refractivity (Wildman–Crippen MR) is 165 cm³/mol. The van der Waals surface area contributed by atoms with E-state index in [2.05, 4.69) is 64.7 Å². The van der Waals surface area contributed by atoms with E-state index < -0.39 is 27.3 Å². The van der Waals surface area contributed by atoms with Crippen molar-refractivity contribution in [1.82, 2.24) is 9.80 Å². The fourth-order valence-corrected chi connectivity index (χ4v) is 14.5. The van der Waals surface area contributed by atoms with Crippen LogP contribution in [-0.2, 0) is 18.8 Å². The van der Waals surface area contributed by atoms with Crippen molar-refractivity contribution in [2.24, 2.45) is 0 Å². The van der Waals surface area contributed by atoms with Crippen molar-refractivity contribution in [1.29, 1.82) is 0 Å². The van der Waals surface area contributed by atoms with Crippen LogP contribution in [0.25, 0.3) is 0 Å². The molecule has 210 valence electrons. The van der Waals surface area contributed by atoms with Gasteiger partial charge in [0.25, 0.3) is 14.2 Å². The van der Waals surface area contributed by atoms with Gasteiger partial charge in [-0.2, -0.15) is 0 Å². The molecule has 2 fully saturated rings. The number of ketones is 1. The summed E-state index contributed by atoms with van der Waals surface area (Å²) in [4.78, 5) is 42.5. The molecule has 0 bridgehead atoms. The van der Waals surface area contributed by atoms with Gasteiger partial charge in [0.05, 0.1) is 19.2 Å². The molecule has 2 saturated heterocycles. The molecule has 0 aliphatic carbocycles. The standard InChI is InChI=1S/C30H42N2O4SSi2/c1-29(2,3)39(24-14-10-8-11-15-24,25-16-12-9-13-17-25)36-22-23-20-26(33)30(37-18-19-38(5,6)7)28(35)31(4)21-27(34)32(23)30/h8-17,23H,18-22H2,1-7H3/t23-,30-/m1/s1. The van der Waals surface area contributed by atoms with Gasteiger partial charge >= 0.3 is 0 Å². The molecule has 2 heterocycles. The minimum atomic E-state index is -2.87. The molecule has 0 spiro atoms. The third-order valence-electron chi connectivity index (χ3n) is 7.85. The number of nitrogens with zero attached hydrogens (tertiary/aromatic N) is 2. The van der Waals surface area contributed by atoms with E-state index in [1.807, 2.05) is 36.4 Å². The van der Waals surface area contributed by atoms with Crippen molar-refractivity contribution < 1.29 is 18.8 Å². The Morgan fingerprint density at radius 1 is 0.949 bits per heavy atom. The van der Waals surface area contributed by atoms with Gasteiger partial charge in [0.2, 0.25) is 10.8 Å². The zero-order chi connectivity index (χ0) is 28.6. The maximum atomic E-state index is 13.8. The minimum absolute atomic E-state index is 0.0157. The topological polar surface area (TPSA) is 66.9 Å². The monoisotopic (exact) mass is 582 g/mol. The van der Waals surface area contributed by atoms with E-state index in [0.717, 1.165) is 16.4 Å². The van der Waals surface area contributed by atoms with Gasteiger partial charge in [-0.3, -0.25) is 14.4 Å². The lowest BCUT2D eigenvalue weighted by Gasteiger charge is -2.46. The first-order valence-corrected chi connectivity index (χ1v) is 20.3. The smallest absolute Gasteiger partial charge is 0.267 e. The van der Waals surface area contributed by atoms with Gasteiger partial charge in [-0.05, 0) is 27.2 Å². The zero-order valence-electron chi connectivity index (χ0n) is 24.3. The number of benzene rings is 2. The Morgan fingerprint density at radius 2 is 1.49 bits per heavy atom. The van der Waals surface area contributed by atoms with Crippen LogP contribution in [0.1, 0.15) is 27.2 Å². The van der Waals surface area contributed by atoms with E-state index in [9.17, 15) is 14.4 Å². The molecule has 2 atom stereocenters. The Morgan fingerprint density at radius 3 is 1.97 bits per heavy atom. The molecule has 0 saturated carbocycles. The third-order valence-corrected chi connectivity index (χ3v) is 16.4. The van der Waals surface area contributed by atoms with Crippen LogP contribution >= 0.6 is 11.8 Å². The first kappa shape index (κ1) is 29.8. The van der Waals surface area contributed by atoms with Crippen LogP contribution in [0.15, 0.2) is 60.7 Å². The van der Waals surface area contributed by atoms with Gasteiger partial charge in [-0.15, -0.1) is 11.8 Å². The average molecular weight is 583 g/mol. The SMILES string of the molecule is CN1CC(=O)N2[C@@H](CO[Si](c3ccccc3)(c3ccccc3)C(C)(C)C)CC(=O)[C@@]2(SCC[Si](C)(C)C)C1=O. The predicted octanol–water partition coefficient (Wildman–Crippen LogP) is 3.97. The van der Waals surface area contributed by atoms with Crippen molar-refractivity contribution in [2.45, 2.75) is 68.8 Å². The maximum Gasteiger partial charge on any atom is 0.267 e. The van der Waals surface area contributed by atoms with Crippen molar-refractivity contribution in [3.63, 3.8) is 0 Å². The molecule has 2 aromatic carbocycles. The number of likely N-dealkylation sites (N-methyl/N-ethyl adjacent to an activating group) is 1. The molecule has 0 radical (unpaired) electrons. The van der Waals surface area contributed by atoms with Gasteiger partial charge in [0, 0.05) is 21.5 Å². The number of carbonyl (C=O) groups is 3. The van der Waals surface area contributed by atoms with Crippen LogP contribution in [0.3, 0.4) is 0 Å². The van der Waals surface area contributed by atoms with Crippen LogP contribution in [0.5, 0.6) is 0 Å². The van der Waals surface area contributed by atoms with Gasteiger partial charge < -0.3 is 14.2 Å². The highest BCUT2D eigenvalue weighted by molar-refractivity contribution is 8.02. The number of Topliss-reactive ketones (excluding diaryl/α,β-unsaturated/α-hetero) is 1. The lowest BCUT2D eigenvalue weighted by atomic mass is 10.1. The summed E-state index contributed by atoms with van der Waals surface area (Å²) in [5.41, 5.74) is 0. The van der Waals surface area contributed by atoms with Crippen LogP contribution in [-0.4, -0.2) is 80.7 Å².